The molecular formula is C15H24N2O5. The van der Waals surface area contributed by atoms with E-state index in [9.17, 15) is 14.4 Å². The smallest absolute Gasteiger partial charge is 0.407 e. The number of amides is 2. The van der Waals surface area contributed by atoms with Crippen LogP contribution in [0.15, 0.2) is 0 Å². The van der Waals surface area contributed by atoms with Crippen molar-refractivity contribution in [1.29, 1.82) is 0 Å². The van der Waals surface area contributed by atoms with Crippen molar-refractivity contribution in [3.63, 3.8) is 0 Å². The van der Waals surface area contributed by atoms with E-state index in [0.717, 1.165) is 0 Å². The van der Waals surface area contributed by atoms with Gasteiger partial charge in [-0.05, 0) is 19.3 Å². The number of carbonyl (C=O) groups is 3. The van der Waals surface area contributed by atoms with E-state index in [4.69, 9.17) is 4.74 Å². The van der Waals surface area contributed by atoms with Crippen molar-refractivity contribution in [2.45, 2.75) is 57.7 Å². The average Bonchev–Trinajstić information content (AvgIpc) is 2.97. The highest BCUT2D eigenvalue weighted by molar-refractivity contribution is 5.86. The fourth-order valence-electron chi connectivity index (χ4n) is 3.28. The highest BCUT2D eigenvalue weighted by Gasteiger charge is 2.51. The standard InChI is InChI=1S/C15H24N2O5/c1-9(2)12(16-14(20)21-4)13(19)17-8-15(7-10(17)3)6-5-11(18)22-15/h9-10,12H,5-8H2,1-4H3,(H,16,20)/t10-,12+,15+/m1/s1. The van der Waals surface area contributed by atoms with Crippen LogP contribution in [0.3, 0.4) is 0 Å². The van der Waals surface area contributed by atoms with Crippen LogP contribution in [0.25, 0.3) is 0 Å². The Bertz CT molecular complexity index is 479. The van der Waals surface area contributed by atoms with Crippen LogP contribution >= 0.6 is 0 Å². The van der Waals surface area contributed by atoms with Crippen molar-refractivity contribution in [3.8, 4) is 0 Å². The Hall–Kier alpha value is -1.79. The Morgan fingerprint density at radius 1 is 1.45 bits per heavy atom. The maximum Gasteiger partial charge on any atom is 0.407 e. The van der Waals surface area contributed by atoms with Gasteiger partial charge in [0.25, 0.3) is 0 Å². The molecule has 2 heterocycles. The van der Waals surface area contributed by atoms with Gasteiger partial charge < -0.3 is 19.7 Å². The summed E-state index contributed by atoms with van der Waals surface area (Å²) in [5.41, 5.74) is -0.543. The molecule has 2 fully saturated rings. The first-order valence-corrected chi connectivity index (χ1v) is 7.65. The molecule has 2 saturated heterocycles. The molecule has 0 bridgehead atoms. The summed E-state index contributed by atoms with van der Waals surface area (Å²) in [4.78, 5) is 37.4. The van der Waals surface area contributed by atoms with Gasteiger partial charge >= 0.3 is 12.1 Å². The summed E-state index contributed by atoms with van der Waals surface area (Å²) in [7, 11) is 1.27. The third-order valence-corrected chi connectivity index (χ3v) is 4.45. The molecular weight excluding hydrogens is 288 g/mol. The van der Waals surface area contributed by atoms with Crippen molar-refractivity contribution in [2.75, 3.05) is 13.7 Å². The fourth-order valence-corrected chi connectivity index (χ4v) is 3.28. The van der Waals surface area contributed by atoms with Gasteiger partial charge in [-0.1, -0.05) is 13.8 Å². The molecule has 2 rings (SSSR count). The Balaban J connectivity index is 2.10. The predicted octanol–water partition coefficient (Wildman–Crippen LogP) is 1.06. The van der Waals surface area contributed by atoms with Crippen LogP contribution in [0.1, 0.15) is 40.0 Å². The summed E-state index contributed by atoms with van der Waals surface area (Å²) in [6.45, 7) is 6.06. The summed E-state index contributed by atoms with van der Waals surface area (Å²) in [6.07, 6.45) is 1.08. The largest absolute Gasteiger partial charge is 0.457 e. The zero-order valence-electron chi connectivity index (χ0n) is 13.5. The van der Waals surface area contributed by atoms with Crippen molar-refractivity contribution < 1.29 is 23.9 Å². The van der Waals surface area contributed by atoms with Gasteiger partial charge in [0.2, 0.25) is 5.91 Å². The number of alkyl carbamates (subject to hydrolysis) is 1. The molecule has 3 atom stereocenters. The quantitative estimate of drug-likeness (QED) is 0.788. The van der Waals surface area contributed by atoms with E-state index >= 15 is 0 Å². The Labute approximate surface area is 130 Å². The molecule has 0 aromatic carbocycles. The van der Waals surface area contributed by atoms with Crippen LogP contribution in [-0.2, 0) is 19.1 Å². The molecule has 1 N–H and O–H groups in total. The van der Waals surface area contributed by atoms with Gasteiger partial charge in [0.05, 0.1) is 13.7 Å². The lowest BCUT2D eigenvalue weighted by Crippen LogP contribution is -2.52. The van der Waals surface area contributed by atoms with E-state index in [-0.39, 0.29) is 23.8 Å². The molecule has 2 amide bonds. The first-order valence-electron chi connectivity index (χ1n) is 7.65. The molecule has 2 aliphatic heterocycles. The maximum absolute atomic E-state index is 12.8. The first kappa shape index (κ1) is 16.6. The second kappa shape index (κ2) is 6.14. The second-order valence-corrected chi connectivity index (χ2v) is 6.53. The van der Waals surface area contributed by atoms with Crippen LogP contribution in [0.4, 0.5) is 4.79 Å². The highest BCUT2D eigenvalue weighted by Crippen LogP contribution is 2.39. The molecule has 0 saturated carbocycles. The average molecular weight is 312 g/mol. The molecule has 22 heavy (non-hydrogen) atoms. The topological polar surface area (TPSA) is 84.9 Å². The summed E-state index contributed by atoms with van der Waals surface area (Å²) in [6, 6.07) is -0.679. The molecule has 7 nitrogen and oxygen atoms in total. The van der Waals surface area contributed by atoms with Gasteiger partial charge in [0.1, 0.15) is 11.6 Å². The minimum absolute atomic E-state index is 0.0286. The van der Waals surface area contributed by atoms with Crippen LogP contribution in [0.2, 0.25) is 0 Å². The molecule has 7 heteroatoms. The van der Waals surface area contributed by atoms with Crippen LogP contribution in [-0.4, -0.2) is 54.2 Å². The fraction of sp³-hybridized carbons (Fsp3) is 0.800. The number of likely N-dealkylation sites (tertiary alicyclic amines) is 1. The number of hydrogen-bond donors (Lipinski definition) is 1. The molecule has 1 spiro atoms. The van der Waals surface area contributed by atoms with Crippen molar-refractivity contribution >= 4 is 18.0 Å². The Morgan fingerprint density at radius 2 is 2.14 bits per heavy atom. The summed E-state index contributed by atoms with van der Waals surface area (Å²) in [5.74, 6) is -0.427. The van der Waals surface area contributed by atoms with E-state index in [0.29, 0.717) is 25.8 Å². The highest BCUT2D eigenvalue weighted by atomic mass is 16.6. The van der Waals surface area contributed by atoms with Gasteiger partial charge in [0, 0.05) is 18.9 Å². The van der Waals surface area contributed by atoms with Gasteiger partial charge in [-0.2, -0.15) is 0 Å². The number of hydrogen-bond acceptors (Lipinski definition) is 5. The lowest BCUT2D eigenvalue weighted by atomic mass is 9.97. The molecule has 0 aliphatic carbocycles. The van der Waals surface area contributed by atoms with Crippen LogP contribution in [0, 0.1) is 5.92 Å². The Morgan fingerprint density at radius 3 is 2.64 bits per heavy atom. The SMILES string of the molecule is COC(=O)N[C@H](C(=O)N1C[C@]2(CCC(=O)O2)C[C@H]1C)C(C)C. The summed E-state index contributed by atoms with van der Waals surface area (Å²) < 4.78 is 10.0. The van der Waals surface area contributed by atoms with Gasteiger partial charge in [-0.25, -0.2) is 4.79 Å². The number of ether oxygens (including phenoxy) is 2. The molecule has 124 valence electrons. The lowest BCUT2D eigenvalue weighted by Gasteiger charge is -2.29. The predicted molar refractivity (Wildman–Crippen MR) is 78.0 cm³/mol. The minimum Gasteiger partial charge on any atom is -0.457 e. The first-order chi connectivity index (χ1) is 10.3. The summed E-state index contributed by atoms with van der Waals surface area (Å²) in [5, 5.41) is 2.59. The number of nitrogens with one attached hydrogen (secondary N) is 1. The second-order valence-electron chi connectivity index (χ2n) is 6.53. The van der Waals surface area contributed by atoms with E-state index in [1.165, 1.54) is 7.11 Å². The van der Waals surface area contributed by atoms with Gasteiger partial charge in [-0.3, -0.25) is 9.59 Å². The van der Waals surface area contributed by atoms with Gasteiger partial charge in [-0.15, -0.1) is 0 Å². The van der Waals surface area contributed by atoms with E-state index in [1.54, 1.807) is 4.90 Å². The van der Waals surface area contributed by atoms with Crippen LogP contribution in [0.5, 0.6) is 0 Å². The number of methoxy groups -OCH3 is 1. The molecule has 2 aliphatic rings. The van der Waals surface area contributed by atoms with E-state index in [1.807, 2.05) is 20.8 Å². The zero-order chi connectivity index (χ0) is 16.5. The molecule has 0 unspecified atom stereocenters. The normalized spacial score (nSPS) is 28.9. The zero-order valence-corrected chi connectivity index (χ0v) is 13.5. The maximum atomic E-state index is 12.8. The van der Waals surface area contributed by atoms with Gasteiger partial charge in [0.15, 0.2) is 0 Å². The third-order valence-electron chi connectivity index (χ3n) is 4.45. The van der Waals surface area contributed by atoms with Crippen molar-refractivity contribution in [1.82, 2.24) is 10.2 Å². The lowest BCUT2D eigenvalue weighted by molar-refractivity contribution is -0.149. The minimum atomic E-state index is -0.651. The molecule has 0 aromatic rings. The van der Waals surface area contributed by atoms with Crippen LogP contribution < -0.4 is 5.32 Å². The van der Waals surface area contributed by atoms with Crippen molar-refractivity contribution in [2.24, 2.45) is 5.92 Å². The molecule has 0 aromatic heterocycles. The number of esters is 1. The third kappa shape index (κ3) is 3.18. The summed E-state index contributed by atoms with van der Waals surface area (Å²) >= 11 is 0. The molecule has 0 radical (unpaired) electrons. The van der Waals surface area contributed by atoms with E-state index < -0.39 is 17.7 Å². The van der Waals surface area contributed by atoms with Crippen molar-refractivity contribution in [3.05, 3.63) is 0 Å². The number of nitrogens with zero attached hydrogens (tertiary/aromatic N) is 1. The Kier molecular flexibility index (Phi) is 4.63. The van der Waals surface area contributed by atoms with E-state index in [2.05, 4.69) is 10.1 Å². The monoisotopic (exact) mass is 312 g/mol. The number of carbonyl (C=O) groups excluding carboxylic acids is 3. The number of rotatable bonds is 3.